The van der Waals surface area contributed by atoms with E-state index in [9.17, 15) is 24.0 Å². The van der Waals surface area contributed by atoms with Crippen LogP contribution in [0.15, 0.2) is 0 Å². The van der Waals surface area contributed by atoms with E-state index in [4.69, 9.17) is 5.73 Å². The lowest BCUT2D eigenvalue weighted by Gasteiger charge is -2.15. The van der Waals surface area contributed by atoms with Crippen molar-refractivity contribution >= 4 is 29.9 Å². The van der Waals surface area contributed by atoms with Crippen molar-refractivity contribution in [3.05, 3.63) is 0 Å². The second-order valence-electron chi connectivity index (χ2n) is 5.01. The van der Waals surface area contributed by atoms with Gasteiger partial charge in [-0.15, -0.1) is 0 Å². The molecule has 0 bridgehead atoms. The number of nitrogens with two attached hydrogens (primary N) is 1. The van der Waals surface area contributed by atoms with Crippen molar-refractivity contribution in [2.24, 2.45) is 5.73 Å². The highest BCUT2D eigenvalue weighted by Gasteiger charge is 2.17. The van der Waals surface area contributed by atoms with Gasteiger partial charge in [-0.3, -0.25) is 19.2 Å². The summed E-state index contributed by atoms with van der Waals surface area (Å²) in [6.07, 6.45) is 0.555. The van der Waals surface area contributed by atoms with Crippen molar-refractivity contribution in [1.82, 2.24) is 21.3 Å². The molecule has 10 heteroatoms. The fraction of sp³-hybridized carbons (Fsp3) is 0.615. The minimum absolute atomic E-state index is 0.310. The summed E-state index contributed by atoms with van der Waals surface area (Å²) < 4.78 is 0. The van der Waals surface area contributed by atoms with E-state index >= 15 is 0 Å². The molecule has 0 aromatic rings. The van der Waals surface area contributed by atoms with Crippen LogP contribution in [-0.2, 0) is 24.0 Å². The molecular formula is C13H23N5O5. The van der Waals surface area contributed by atoms with Crippen LogP contribution < -0.4 is 27.0 Å². The van der Waals surface area contributed by atoms with Gasteiger partial charge in [0.15, 0.2) is 0 Å². The first-order chi connectivity index (χ1) is 10.7. The number of aldehydes is 1. The number of hydrogen-bond acceptors (Lipinski definition) is 6. The first kappa shape index (κ1) is 20.5. The molecule has 0 aliphatic heterocycles. The standard InChI is InChI=1S/C13H23N5O5/c1-7(6-19)17-10(20)4-16-13(23)9(3)18-11(21)5-15-12(22)8(2)14/h6-9H,4-5,14H2,1-3H3,(H,15,22)(H,16,23)(H,17,20)(H,18,21)/t7-,8-,9-/m0/s1. The Morgan fingerprint density at radius 1 is 0.913 bits per heavy atom. The van der Waals surface area contributed by atoms with E-state index < -0.39 is 41.8 Å². The fourth-order valence-corrected chi connectivity index (χ4v) is 1.35. The van der Waals surface area contributed by atoms with E-state index in [0.29, 0.717) is 6.29 Å². The third-order valence-electron chi connectivity index (χ3n) is 2.62. The van der Waals surface area contributed by atoms with Gasteiger partial charge in [0.2, 0.25) is 23.6 Å². The van der Waals surface area contributed by atoms with E-state index in [1.54, 1.807) is 0 Å². The lowest BCUT2D eigenvalue weighted by Crippen LogP contribution is -2.51. The predicted octanol–water partition coefficient (Wildman–Crippen LogP) is -3.23. The van der Waals surface area contributed by atoms with E-state index in [1.807, 2.05) is 0 Å². The van der Waals surface area contributed by atoms with Crippen LogP contribution in [0.2, 0.25) is 0 Å². The molecule has 3 atom stereocenters. The Hall–Kier alpha value is -2.49. The van der Waals surface area contributed by atoms with Gasteiger partial charge in [-0.1, -0.05) is 0 Å². The number of hydrogen-bond donors (Lipinski definition) is 5. The van der Waals surface area contributed by atoms with Crippen molar-refractivity contribution in [3.8, 4) is 0 Å². The van der Waals surface area contributed by atoms with Crippen LogP contribution in [0.5, 0.6) is 0 Å². The van der Waals surface area contributed by atoms with E-state index in [2.05, 4.69) is 21.3 Å². The van der Waals surface area contributed by atoms with E-state index in [0.717, 1.165) is 0 Å². The second kappa shape index (κ2) is 10.3. The van der Waals surface area contributed by atoms with Gasteiger partial charge in [-0.25, -0.2) is 0 Å². The van der Waals surface area contributed by atoms with Gasteiger partial charge in [0.1, 0.15) is 12.3 Å². The third-order valence-corrected chi connectivity index (χ3v) is 2.62. The zero-order chi connectivity index (χ0) is 18.0. The Morgan fingerprint density at radius 2 is 1.39 bits per heavy atom. The van der Waals surface area contributed by atoms with Crippen molar-refractivity contribution in [2.75, 3.05) is 13.1 Å². The minimum atomic E-state index is -0.897. The second-order valence-corrected chi connectivity index (χ2v) is 5.01. The van der Waals surface area contributed by atoms with Crippen LogP contribution >= 0.6 is 0 Å². The fourth-order valence-electron chi connectivity index (χ4n) is 1.35. The van der Waals surface area contributed by atoms with Gasteiger partial charge in [0.25, 0.3) is 0 Å². The Balaban J connectivity index is 4.10. The van der Waals surface area contributed by atoms with Crippen LogP contribution in [0.25, 0.3) is 0 Å². The molecule has 10 nitrogen and oxygen atoms in total. The molecule has 4 amide bonds. The maximum atomic E-state index is 11.7. The topological polar surface area (TPSA) is 159 Å². The molecule has 0 unspecified atom stereocenters. The summed E-state index contributed by atoms with van der Waals surface area (Å²) >= 11 is 0. The molecule has 0 heterocycles. The van der Waals surface area contributed by atoms with E-state index in [1.165, 1.54) is 20.8 Å². The van der Waals surface area contributed by atoms with Crippen molar-refractivity contribution in [1.29, 1.82) is 0 Å². The van der Waals surface area contributed by atoms with Crippen LogP contribution in [0.3, 0.4) is 0 Å². The van der Waals surface area contributed by atoms with Gasteiger partial charge in [0, 0.05) is 0 Å². The van der Waals surface area contributed by atoms with Crippen LogP contribution in [0.4, 0.5) is 0 Å². The summed E-state index contributed by atoms with van der Waals surface area (Å²) in [7, 11) is 0. The first-order valence-corrected chi connectivity index (χ1v) is 7.02. The Labute approximate surface area is 133 Å². The average Bonchev–Trinajstić information content (AvgIpc) is 2.49. The summed E-state index contributed by atoms with van der Waals surface area (Å²) in [5.74, 6) is -2.16. The first-order valence-electron chi connectivity index (χ1n) is 7.02. The van der Waals surface area contributed by atoms with Crippen LogP contribution in [-0.4, -0.2) is 61.1 Å². The highest BCUT2D eigenvalue weighted by molar-refractivity contribution is 5.92. The molecule has 0 radical (unpaired) electrons. The molecule has 0 aliphatic rings. The molecule has 6 N–H and O–H groups in total. The number of rotatable bonds is 9. The average molecular weight is 329 g/mol. The Morgan fingerprint density at radius 3 is 1.87 bits per heavy atom. The zero-order valence-electron chi connectivity index (χ0n) is 13.3. The molecule has 0 aromatic carbocycles. The highest BCUT2D eigenvalue weighted by Crippen LogP contribution is 1.83. The number of amides is 4. The van der Waals surface area contributed by atoms with Gasteiger partial charge in [0.05, 0.1) is 25.2 Å². The highest BCUT2D eigenvalue weighted by atomic mass is 16.2. The number of carbonyl (C=O) groups excluding carboxylic acids is 5. The van der Waals surface area contributed by atoms with E-state index in [-0.39, 0.29) is 13.1 Å². The summed E-state index contributed by atoms with van der Waals surface area (Å²) in [4.78, 5) is 56.2. The summed E-state index contributed by atoms with van der Waals surface area (Å²) in [6.45, 7) is 3.76. The van der Waals surface area contributed by atoms with Gasteiger partial charge >= 0.3 is 0 Å². The van der Waals surface area contributed by atoms with Gasteiger partial charge < -0.3 is 31.8 Å². The largest absolute Gasteiger partial charge is 0.346 e. The van der Waals surface area contributed by atoms with Crippen molar-refractivity contribution in [2.45, 2.75) is 38.9 Å². The molecule has 0 rings (SSSR count). The number of carbonyl (C=O) groups is 5. The molecular weight excluding hydrogens is 306 g/mol. The molecule has 0 aliphatic carbocycles. The summed E-state index contributed by atoms with van der Waals surface area (Å²) in [5.41, 5.74) is 5.32. The Kier molecular flexibility index (Phi) is 9.16. The quantitative estimate of drug-likeness (QED) is 0.280. The monoisotopic (exact) mass is 329 g/mol. The van der Waals surface area contributed by atoms with Crippen molar-refractivity contribution < 1.29 is 24.0 Å². The molecule has 0 saturated carbocycles. The van der Waals surface area contributed by atoms with Gasteiger partial charge in [-0.2, -0.15) is 0 Å². The van der Waals surface area contributed by atoms with Crippen LogP contribution in [0.1, 0.15) is 20.8 Å². The normalized spacial score (nSPS) is 13.9. The molecule has 23 heavy (non-hydrogen) atoms. The Bertz CT molecular complexity index is 466. The lowest BCUT2D eigenvalue weighted by atomic mass is 10.3. The number of nitrogens with one attached hydrogen (secondary N) is 4. The smallest absolute Gasteiger partial charge is 0.242 e. The molecule has 0 fully saturated rings. The summed E-state index contributed by atoms with van der Waals surface area (Å²) in [6, 6.07) is -2.29. The summed E-state index contributed by atoms with van der Waals surface area (Å²) in [5, 5.41) is 9.31. The zero-order valence-corrected chi connectivity index (χ0v) is 13.3. The minimum Gasteiger partial charge on any atom is -0.346 e. The molecule has 0 aromatic heterocycles. The van der Waals surface area contributed by atoms with Crippen LogP contribution in [0, 0.1) is 0 Å². The maximum Gasteiger partial charge on any atom is 0.242 e. The molecule has 0 spiro atoms. The van der Waals surface area contributed by atoms with Gasteiger partial charge in [-0.05, 0) is 20.8 Å². The SMILES string of the molecule is C[C@H](N)C(=O)NCC(=O)N[C@@H](C)C(=O)NCC(=O)N[C@@H](C)C=O. The molecule has 130 valence electrons. The third kappa shape index (κ3) is 9.19. The molecule has 0 saturated heterocycles. The van der Waals surface area contributed by atoms with Crippen molar-refractivity contribution in [3.63, 3.8) is 0 Å². The maximum absolute atomic E-state index is 11.7. The predicted molar refractivity (Wildman–Crippen MR) is 80.9 cm³/mol. The lowest BCUT2D eigenvalue weighted by molar-refractivity contribution is -0.130.